The van der Waals surface area contributed by atoms with Crippen LogP contribution in [-0.4, -0.2) is 4.98 Å². The van der Waals surface area contributed by atoms with Crippen molar-refractivity contribution >= 4 is 5.57 Å². The molecule has 0 aliphatic carbocycles. The van der Waals surface area contributed by atoms with E-state index in [1.165, 1.54) is 6.07 Å². The Hall–Kier alpha value is -2.03. The van der Waals surface area contributed by atoms with E-state index < -0.39 is 11.6 Å². The maximum Gasteiger partial charge on any atom is 0.159 e. The standard InChI is InChI=1S/C16H15F2N/c1-11(14-7-4-12(2)19-10-14)3-5-13-6-8-15(17)16(18)9-13/h4,6-10H,1,3,5H2,2H3. The number of hydrogen-bond acceptors (Lipinski definition) is 1. The number of halogens is 2. The van der Waals surface area contributed by atoms with Gasteiger partial charge in [-0.2, -0.15) is 0 Å². The highest BCUT2D eigenvalue weighted by Crippen LogP contribution is 2.19. The Morgan fingerprint density at radius 1 is 1.16 bits per heavy atom. The molecule has 3 heteroatoms. The highest BCUT2D eigenvalue weighted by molar-refractivity contribution is 5.62. The Labute approximate surface area is 111 Å². The van der Waals surface area contributed by atoms with Gasteiger partial charge in [0.05, 0.1) is 0 Å². The van der Waals surface area contributed by atoms with Crippen LogP contribution in [0.1, 0.15) is 23.2 Å². The summed E-state index contributed by atoms with van der Waals surface area (Å²) in [5.74, 6) is -1.62. The number of aromatic nitrogens is 1. The summed E-state index contributed by atoms with van der Waals surface area (Å²) in [6.07, 6.45) is 3.10. The molecule has 0 saturated heterocycles. The summed E-state index contributed by atoms with van der Waals surface area (Å²) in [5, 5.41) is 0. The molecule has 0 unspecified atom stereocenters. The number of allylic oxidation sites excluding steroid dienone is 1. The Morgan fingerprint density at radius 3 is 2.58 bits per heavy atom. The van der Waals surface area contributed by atoms with Crippen LogP contribution in [0.4, 0.5) is 8.78 Å². The molecule has 0 fully saturated rings. The summed E-state index contributed by atoms with van der Waals surface area (Å²) in [5.41, 5.74) is 3.64. The zero-order valence-electron chi connectivity index (χ0n) is 10.8. The van der Waals surface area contributed by atoms with Crippen molar-refractivity contribution in [2.24, 2.45) is 0 Å². The number of rotatable bonds is 4. The van der Waals surface area contributed by atoms with Crippen molar-refractivity contribution in [3.63, 3.8) is 0 Å². The number of benzene rings is 1. The molecule has 1 aromatic carbocycles. The molecule has 0 saturated carbocycles. The molecule has 0 amide bonds. The zero-order valence-corrected chi connectivity index (χ0v) is 10.8. The molecule has 0 aliphatic heterocycles. The smallest absolute Gasteiger partial charge is 0.159 e. The van der Waals surface area contributed by atoms with E-state index in [-0.39, 0.29) is 0 Å². The summed E-state index contributed by atoms with van der Waals surface area (Å²) in [7, 11) is 0. The summed E-state index contributed by atoms with van der Waals surface area (Å²) in [6, 6.07) is 7.88. The average molecular weight is 259 g/mol. The van der Waals surface area contributed by atoms with Crippen LogP contribution in [0.25, 0.3) is 5.57 Å². The summed E-state index contributed by atoms with van der Waals surface area (Å²) in [4.78, 5) is 4.21. The quantitative estimate of drug-likeness (QED) is 0.797. The van der Waals surface area contributed by atoms with Gasteiger partial charge in [-0.1, -0.05) is 18.7 Å². The van der Waals surface area contributed by atoms with Crippen molar-refractivity contribution in [2.75, 3.05) is 0 Å². The second-order valence-corrected chi connectivity index (χ2v) is 4.54. The second kappa shape index (κ2) is 5.74. The van der Waals surface area contributed by atoms with Gasteiger partial charge >= 0.3 is 0 Å². The molecule has 0 radical (unpaired) electrons. The van der Waals surface area contributed by atoms with Gasteiger partial charge < -0.3 is 0 Å². The molecule has 19 heavy (non-hydrogen) atoms. The average Bonchev–Trinajstić information content (AvgIpc) is 2.40. The summed E-state index contributed by atoms with van der Waals surface area (Å²) < 4.78 is 25.9. The van der Waals surface area contributed by atoms with Crippen molar-refractivity contribution in [2.45, 2.75) is 19.8 Å². The minimum Gasteiger partial charge on any atom is -0.261 e. The van der Waals surface area contributed by atoms with Crippen LogP contribution in [0.2, 0.25) is 0 Å². The molecule has 0 N–H and O–H groups in total. The summed E-state index contributed by atoms with van der Waals surface area (Å²) >= 11 is 0. The lowest BCUT2D eigenvalue weighted by molar-refractivity contribution is 0.507. The Bertz CT molecular complexity index is 588. The largest absolute Gasteiger partial charge is 0.261 e. The van der Waals surface area contributed by atoms with Crippen LogP contribution < -0.4 is 0 Å². The molecule has 1 aromatic heterocycles. The van der Waals surface area contributed by atoms with E-state index in [0.29, 0.717) is 12.8 Å². The van der Waals surface area contributed by atoms with Crippen molar-refractivity contribution in [1.29, 1.82) is 0 Å². The number of aryl methyl sites for hydroxylation is 2. The van der Waals surface area contributed by atoms with Crippen LogP contribution in [-0.2, 0) is 6.42 Å². The highest BCUT2D eigenvalue weighted by Gasteiger charge is 2.04. The first kappa shape index (κ1) is 13.4. The van der Waals surface area contributed by atoms with Crippen LogP contribution in [0.15, 0.2) is 43.1 Å². The SMILES string of the molecule is C=C(CCc1ccc(F)c(F)c1)c1ccc(C)nc1. The topological polar surface area (TPSA) is 12.9 Å². The first-order valence-electron chi connectivity index (χ1n) is 6.11. The Balaban J connectivity index is 2.00. The van der Waals surface area contributed by atoms with Gasteiger partial charge in [0.2, 0.25) is 0 Å². The first-order chi connectivity index (χ1) is 9.06. The van der Waals surface area contributed by atoms with Crippen LogP contribution in [0.3, 0.4) is 0 Å². The van der Waals surface area contributed by atoms with Gasteiger partial charge in [0.15, 0.2) is 11.6 Å². The maximum atomic E-state index is 13.1. The molecule has 0 atom stereocenters. The maximum absolute atomic E-state index is 13.1. The van der Waals surface area contributed by atoms with Gasteiger partial charge in [0, 0.05) is 11.9 Å². The predicted molar refractivity (Wildman–Crippen MR) is 72.7 cm³/mol. The van der Waals surface area contributed by atoms with Crippen molar-refractivity contribution in [3.05, 3.63) is 71.6 Å². The third-order valence-corrected chi connectivity index (χ3v) is 3.02. The molecule has 2 rings (SSSR count). The van der Waals surface area contributed by atoms with Crippen LogP contribution in [0.5, 0.6) is 0 Å². The minimum absolute atomic E-state index is 0.629. The summed E-state index contributed by atoms with van der Waals surface area (Å²) in [6.45, 7) is 5.93. The van der Waals surface area contributed by atoms with Crippen molar-refractivity contribution in [1.82, 2.24) is 4.98 Å². The van der Waals surface area contributed by atoms with Gasteiger partial charge in [-0.25, -0.2) is 8.78 Å². The van der Waals surface area contributed by atoms with Gasteiger partial charge in [0.25, 0.3) is 0 Å². The minimum atomic E-state index is -0.815. The fraction of sp³-hybridized carbons (Fsp3) is 0.188. The van der Waals surface area contributed by atoms with Gasteiger partial charge in [0.1, 0.15) is 0 Å². The Morgan fingerprint density at radius 2 is 1.95 bits per heavy atom. The van der Waals surface area contributed by atoms with E-state index in [2.05, 4.69) is 11.6 Å². The van der Waals surface area contributed by atoms with Crippen molar-refractivity contribution in [3.8, 4) is 0 Å². The molecular formula is C16H15F2N. The lowest BCUT2D eigenvalue weighted by Gasteiger charge is -2.06. The van der Waals surface area contributed by atoms with E-state index in [1.807, 2.05) is 19.1 Å². The van der Waals surface area contributed by atoms with E-state index in [9.17, 15) is 8.78 Å². The van der Waals surface area contributed by atoms with Gasteiger partial charge in [-0.15, -0.1) is 0 Å². The van der Waals surface area contributed by atoms with Gasteiger partial charge in [-0.05, 0) is 54.7 Å². The van der Waals surface area contributed by atoms with Crippen LogP contribution in [0, 0.1) is 18.6 Å². The second-order valence-electron chi connectivity index (χ2n) is 4.54. The van der Waals surface area contributed by atoms with Crippen molar-refractivity contribution < 1.29 is 8.78 Å². The van der Waals surface area contributed by atoms with E-state index in [1.54, 1.807) is 12.3 Å². The zero-order chi connectivity index (χ0) is 13.8. The molecule has 1 heterocycles. The van der Waals surface area contributed by atoms with Crippen LogP contribution >= 0.6 is 0 Å². The lowest BCUT2D eigenvalue weighted by atomic mass is 10.0. The fourth-order valence-electron chi connectivity index (χ4n) is 1.81. The molecule has 1 nitrogen and oxygen atoms in total. The number of pyridine rings is 1. The lowest BCUT2D eigenvalue weighted by Crippen LogP contribution is -1.92. The van der Waals surface area contributed by atoms with E-state index in [0.717, 1.165) is 28.5 Å². The molecule has 0 aliphatic rings. The predicted octanol–water partition coefficient (Wildman–Crippen LogP) is 4.31. The molecule has 0 spiro atoms. The van der Waals surface area contributed by atoms with E-state index in [4.69, 9.17) is 0 Å². The fourth-order valence-corrected chi connectivity index (χ4v) is 1.81. The number of nitrogens with zero attached hydrogens (tertiary/aromatic N) is 1. The monoisotopic (exact) mass is 259 g/mol. The van der Waals surface area contributed by atoms with E-state index >= 15 is 0 Å². The third-order valence-electron chi connectivity index (χ3n) is 3.02. The number of hydrogen-bond donors (Lipinski definition) is 0. The molecule has 2 aromatic rings. The molecule has 0 bridgehead atoms. The molecular weight excluding hydrogens is 244 g/mol. The van der Waals surface area contributed by atoms with Gasteiger partial charge in [-0.3, -0.25) is 4.98 Å². The third kappa shape index (κ3) is 3.47. The first-order valence-corrected chi connectivity index (χ1v) is 6.11. The normalized spacial score (nSPS) is 10.5. The Kier molecular flexibility index (Phi) is 4.05. The highest BCUT2D eigenvalue weighted by atomic mass is 19.2. The molecule has 98 valence electrons.